The molecule has 2 aromatic rings. The summed E-state index contributed by atoms with van der Waals surface area (Å²) in [6.45, 7) is 8.70. The van der Waals surface area contributed by atoms with E-state index in [-0.39, 0.29) is 12.2 Å². The molecule has 0 spiro atoms. The molecular weight excluding hydrogens is 312 g/mol. The van der Waals surface area contributed by atoms with Gasteiger partial charge in [-0.05, 0) is 22.3 Å². The van der Waals surface area contributed by atoms with Crippen molar-refractivity contribution in [1.82, 2.24) is 0 Å². The van der Waals surface area contributed by atoms with Gasteiger partial charge < -0.3 is 14.2 Å². The Morgan fingerprint density at radius 1 is 0.720 bits per heavy atom. The largest absolute Gasteiger partial charge is 0.373 e. The van der Waals surface area contributed by atoms with Crippen LogP contribution in [-0.2, 0) is 27.4 Å². The normalized spacial score (nSPS) is 13.2. The van der Waals surface area contributed by atoms with Gasteiger partial charge in [-0.3, -0.25) is 0 Å². The van der Waals surface area contributed by atoms with Crippen molar-refractivity contribution in [3.05, 3.63) is 96.1 Å². The molecule has 3 heteroatoms. The Morgan fingerprint density at radius 2 is 1.08 bits per heavy atom. The monoisotopic (exact) mass is 338 g/mol. The highest BCUT2D eigenvalue weighted by molar-refractivity contribution is 5.27. The Morgan fingerprint density at radius 3 is 1.36 bits per heavy atom. The molecule has 2 atom stereocenters. The average molecular weight is 338 g/mol. The number of ether oxygens (including phenoxy) is 3. The van der Waals surface area contributed by atoms with E-state index >= 15 is 0 Å². The maximum absolute atomic E-state index is 5.81. The summed E-state index contributed by atoms with van der Waals surface area (Å²) in [6.07, 6.45) is 3.44. The summed E-state index contributed by atoms with van der Waals surface area (Å²) in [4.78, 5) is 0. The highest BCUT2D eigenvalue weighted by atomic mass is 16.5. The Bertz CT molecular complexity index is 599. The number of methoxy groups -OCH3 is 2. The molecule has 0 amide bonds. The molecule has 0 bridgehead atoms. The molecule has 0 N–H and O–H groups in total. The Hall–Kier alpha value is -2.20. The van der Waals surface area contributed by atoms with Gasteiger partial charge in [0.2, 0.25) is 0 Å². The van der Waals surface area contributed by atoms with Crippen molar-refractivity contribution in [1.29, 1.82) is 0 Å². The maximum Gasteiger partial charge on any atom is 0.1000 e. The van der Waals surface area contributed by atoms with Gasteiger partial charge in [-0.25, -0.2) is 0 Å². The van der Waals surface area contributed by atoms with Crippen molar-refractivity contribution in [2.75, 3.05) is 14.2 Å². The Balaban J connectivity index is 1.86. The molecule has 0 heterocycles. The zero-order valence-electron chi connectivity index (χ0n) is 15.0. The van der Waals surface area contributed by atoms with Crippen LogP contribution in [0.2, 0.25) is 0 Å². The first-order valence-electron chi connectivity index (χ1n) is 8.28. The van der Waals surface area contributed by atoms with Crippen molar-refractivity contribution < 1.29 is 14.2 Å². The van der Waals surface area contributed by atoms with Gasteiger partial charge in [-0.2, -0.15) is 0 Å². The lowest BCUT2D eigenvalue weighted by molar-refractivity contribution is 0.107. The molecule has 0 aliphatic heterocycles. The summed E-state index contributed by atoms with van der Waals surface area (Å²) >= 11 is 0. The van der Waals surface area contributed by atoms with Gasteiger partial charge in [-0.15, -0.1) is 13.2 Å². The molecular formula is C22H26O3. The van der Waals surface area contributed by atoms with Gasteiger partial charge in [0.15, 0.2) is 0 Å². The third-order valence-corrected chi connectivity index (χ3v) is 4.09. The van der Waals surface area contributed by atoms with Crippen LogP contribution in [0, 0.1) is 0 Å². The first-order chi connectivity index (χ1) is 12.2. The van der Waals surface area contributed by atoms with Crippen molar-refractivity contribution in [3.63, 3.8) is 0 Å². The molecule has 0 saturated carbocycles. The van der Waals surface area contributed by atoms with Crippen LogP contribution in [0.15, 0.2) is 73.8 Å². The molecule has 2 rings (SSSR count). The van der Waals surface area contributed by atoms with E-state index in [1.54, 1.807) is 26.4 Å². The van der Waals surface area contributed by atoms with Gasteiger partial charge >= 0.3 is 0 Å². The minimum atomic E-state index is -0.0695. The minimum Gasteiger partial charge on any atom is -0.373 e. The zero-order chi connectivity index (χ0) is 18.1. The van der Waals surface area contributed by atoms with Crippen LogP contribution in [0.3, 0.4) is 0 Å². The molecule has 0 aromatic heterocycles. The summed E-state index contributed by atoms with van der Waals surface area (Å²) in [5.41, 5.74) is 4.44. The second-order valence-electron chi connectivity index (χ2n) is 5.76. The average Bonchev–Trinajstić information content (AvgIpc) is 2.66. The maximum atomic E-state index is 5.81. The van der Waals surface area contributed by atoms with E-state index in [0.29, 0.717) is 13.2 Å². The lowest BCUT2D eigenvalue weighted by Crippen LogP contribution is -1.99. The van der Waals surface area contributed by atoms with Gasteiger partial charge in [-0.1, -0.05) is 60.7 Å². The molecule has 2 unspecified atom stereocenters. The molecule has 2 aromatic carbocycles. The standard InChI is InChI=1S/C22H26O3/c1-5-21(23-3)19-11-7-17(8-12-19)15-25-16-18-9-13-20(14-10-18)22(6-2)24-4/h5-14,21-22H,1-2,15-16H2,3-4H3. The predicted molar refractivity (Wildman–Crippen MR) is 101 cm³/mol. The fraction of sp³-hybridized carbons (Fsp3) is 0.273. The highest BCUT2D eigenvalue weighted by Gasteiger charge is 2.06. The summed E-state index contributed by atoms with van der Waals surface area (Å²) in [7, 11) is 3.36. The zero-order valence-corrected chi connectivity index (χ0v) is 15.0. The van der Waals surface area contributed by atoms with Crippen LogP contribution >= 0.6 is 0 Å². The van der Waals surface area contributed by atoms with Crippen molar-refractivity contribution >= 4 is 0 Å². The van der Waals surface area contributed by atoms with E-state index in [9.17, 15) is 0 Å². The van der Waals surface area contributed by atoms with Crippen LogP contribution in [0.4, 0.5) is 0 Å². The fourth-order valence-corrected chi connectivity index (χ4v) is 2.63. The molecule has 3 nitrogen and oxygen atoms in total. The Kier molecular flexibility index (Phi) is 7.61. The molecule has 0 aliphatic carbocycles. The summed E-state index contributed by atoms with van der Waals surface area (Å²) < 4.78 is 16.5. The SMILES string of the molecule is C=CC(OC)c1ccc(COCc2ccc(C(C=C)OC)cc2)cc1. The number of rotatable bonds is 10. The second kappa shape index (κ2) is 9.94. The smallest absolute Gasteiger partial charge is 0.1000 e. The van der Waals surface area contributed by atoms with Crippen LogP contribution < -0.4 is 0 Å². The number of hydrogen-bond acceptors (Lipinski definition) is 3. The molecule has 0 aliphatic rings. The van der Waals surface area contributed by atoms with Gasteiger partial charge in [0, 0.05) is 14.2 Å². The highest BCUT2D eigenvalue weighted by Crippen LogP contribution is 2.20. The quantitative estimate of drug-likeness (QED) is 0.561. The minimum absolute atomic E-state index is 0.0695. The third-order valence-electron chi connectivity index (χ3n) is 4.09. The first-order valence-corrected chi connectivity index (χ1v) is 8.28. The van der Waals surface area contributed by atoms with E-state index in [4.69, 9.17) is 14.2 Å². The molecule has 0 radical (unpaired) electrons. The van der Waals surface area contributed by atoms with Crippen LogP contribution in [0.25, 0.3) is 0 Å². The molecule has 0 fully saturated rings. The molecule has 25 heavy (non-hydrogen) atoms. The van der Waals surface area contributed by atoms with Crippen LogP contribution in [0.1, 0.15) is 34.5 Å². The number of benzene rings is 2. The van der Waals surface area contributed by atoms with E-state index < -0.39 is 0 Å². The lowest BCUT2D eigenvalue weighted by Gasteiger charge is -2.12. The second-order valence-corrected chi connectivity index (χ2v) is 5.76. The topological polar surface area (TPSA) is 27.7 Å². The van der Waals surface area contributed by atoms with Crippen LogP contribution in [0.5, 0.6) is 0 Å². The van der Waals surface area contributed by atoms with E-state index in [1.807, 2.05) is 24.3 Å². The van der Waals surface area contributed by atoms with E-state index in [0.717, 1.165) is 22.3 Å². The fourth-order valence-electron chi connectivity index (χ4n) is 2.63. The van der Waals surface area contributed by atoms with Crippen LogP contribution in [-0.4, -0.2) is 14.2 Å². The van der Waals surface area contributed by atoms with E-state index in [1.165, 1.54) is 0 Å². The summed E-state index contributed by atoms with van der Waals surface area (Å²) in [5.74, 6) is 0. The van der Waals surface area contributed by atoms with Crippen molar-refractivity contribution in [3.8, 4) is 0 Å². The van der Waals surface area contributed by atoms with Crippen molar-refractivity contribution in [2.24, 2.45) is 0 Å². The van der Waals surface area contributed by atoms with Crippen molar-refractivity contribution in [2.45, 2.75) is 25.4 Å². The Labute approximate surface area is 150 Å². The summed E-state index contributed by atoms with van der Waals surface area (Å²) in [6, 6.07) is 16.4. The van der Waals surface area contributed by atoms with Gasteiger partial charge in [0.25, 0.3) is 0 Å². The van der Waals surface area contributed by atoms with Gasteiger partial charge in [0.05, 0.1) is 25.4 Å². The predicted octanol–water partition coefficient (Wildman–Crippen LogP) is 5.15. The first kappa shape index (κ1) is 19.1. The number of hydrogen-bond donors (Lipinski definition) is 0. The molecule has 132 valence electrons. The third kappa shape index (κ3) is 5.40. The van der Waals surface area contributed by atoms with Gasteiger partial charge in [0.1, 0.15) is 0 Å². The summed E-state index contributed by atoms with van der Waals surface area (Å²) in [5, 5.41) is 0. The lowest BCUT2D eigenvalue weighted by atomic mass is 10.1. The van der Waals surface area contributed by atoms with E-state index in [2.05, 4.69) is 37.4 Å². The molecule has 0 saturated heterocycles.